The van der Waals surface area contributed by atoms with E-state index >= 15 is 0 Å². The summed E-state index contributed by atoms with van der Waals surface area (Å²) in [5.41, 5.74) is 9.55. The Morgan fingerprint density at radius 3 is 2.49 bits per heavy atom. The van der Waals surface area contributed by atoms with E-state index in [2.05, 4.69) is 25.6 Å². The quantitative estimate of drug-likeness (QED) is 0.172. The summed E-state index contributed by atoms with van der Waals surface area (Å²) in [6.07, 6.45) is 7.41. The highest BCUT2D eigenvalue weighted by molar-refractivity contribution is 6.04. The number of methoxy groups -OCH3 is 1. The molecule has 0 spiro atoms. The summed E-state index contributed by atoms with van der Waals surface area (Å²) < 4.78 is 5.20. The first-order valence-corrected chi connectivity index (χ1v) is 12.7. The number of nitrogens with two attached hydrogens (primary N) is 1. The van der Waals surface area contributed by atoms with Crippen molar-refractivity contribution in [3.63, 3.8) is 0 Å². The van der Waals surface area contributed by atoms with Crippen LogP contribution in [-0.4, -0.2) is 45.9 Å². The van der Waals surface area contributed by atoms with Crippen LogP contribution < -0.4 is 21.1 Å². The van der Waals surface area contributed by atoms with Crippen LogP contribution in [0.2, 0.25) is 0 Å². The molecule has 41 heavy (non-hydrogen) atoms. The first-order chi connectivity index (χ1) is 18.5. The third kappa shape index (κ3) is 8.19. The second-order valence-electron chi connectivity index (χ2n) is 9.46. The van der Waals surface area contributed by atoms with E-state index in [0.717, 1.165) is 42.2 Å². The molecule has 9 nitrogen and oxygen atoms in total. The van der Waals surface area contributed by atoms with Crippen LogP contribution in [0.1, 0.15) is 47.4 Å². The van der Waals surface area contributed by atoms with Gasteiger partial charge < -0.3 is 21.1 Å². The Morgan fingerprint density at radius 2 is 1.78 bits per heavy atom. The number of halogens is 3. The lowest BCUT2D eigenvalue weighted by atomic mass is 9.90. The molecule has 5 rings (SSSR count). The Hall–Kier alpha value is -3.66. The fourth-order valence-electron chi connectivity index (χ4n) is 4.69. The second-order valence-corrected chi connectivity index (χ2v) is 9.46. The molecule has 1 saturated carbocycles. The van der Waals surface area contributed by atoms with Gasteiger partial charge in [-0.2, -0.15) is 0 Å². The molecule has 4 N–H and O–H groups in total. The molecular weight excluding hydrogens is 585 g/mol. The van der Waals surface area contributed by atoms with Crippen molar-refractivity contribution in [3.8, 4) is 5.75 Å². The molecule has 2 aromatic heterocycles. The van der Waals surface area contributed by atoms with Crippen LogP contribution in [0, 0.1) is 6.92 Å². The topological polar surface area (TPSA) is 127 Å². The Labute approximate surface area is 258 Å². The van der Waals surface area contributed by atoms with Gasteiger partial charge in [-0.3, -0.25) is 14.8 Å². The maximum Gasteiger partial charge on any atom is 0.293 e. The summed E-state index contributed by atoms with van der Waals surface area (Å²) in [4.78, 5) is 31.4. The van der Waals surface area contributed by atoms with E-state index in [1.165, 1.54) is 0 Å². The van der Waals surface area contributed by atoms with E-state index in [9.17, 15) is 4.79 Å². The number of benzene rings is 2. The molecule has 1 aliphatic rings. The molecular formula is C29H34Cl3N7O2. The molecule has 1 aliphatic carbocycles. The first-order valence-electron chi connectivity index (χ1n) is 12.7. The molecule has 1 amide bonds. The van der Waals surface area contributed by atoms with Gasteiger partial charge in [0, 0.05) is 35.1 Å². The summed E-state index contributed by atoms with van der Waals surface area (Å²) in [5.74, 6) is 1.50. The van der Waals surface area contributed by atoms with Crippen LogP contribution >= 0.6 is 37.2 Å². The minimum atomic E-state index is -0.389. The Balaban J connectivity index is 0.00000196. The lowest BCUT2D eigenvalue weighted by molar-refractivity contribution is 0.101. The predicted molar refractivity (Wildman–Crippen MR) is 172 cm³/mol. The Kier molecular flexibility index (Phi) is 12.6. The van der Waals surface area contributed by atoms with Gasteiger partial charge in [-0.15, -0.1) is 37.2 Å². The summed E-state index contributed by atoms with van der Waals surface area (Å²) in [6.45, 7) is 2.02. The highest BCUT2D eigenvalue weighted by Gasteiger charge is 2.27. The highest BCUT2D eigenvalue weighted by atomic mass is 35.5. The van der Waals surface area contributed by atoms with Crippen molar-refractivity contribution in [2.24, 2.45) is 10.7 Å². The van der Waals surface area contributed by atoms with Crippen molar-refractivity contribution in [1.82, 2.24) is 15.0 Å². The molecule has 0 aliphatic heterocycles. The van der Waals surface area contributed by atoms with E-state index < -0.39 is 0 Å². The van der Waals surface area contributed by atoms with Gasteiger partial charge in [0.15, 0.2) is 0 Å². The fourth-order valence-corrected chi connectivity index (χ4v) is 4.69. The van der Waals surface area contributed by atoms with Crippen molar-refractivity contribution in [2.45, 2.75) is 44.7 Å². The van der Waals surface area contributed by atoms with Crippen LogP contribution in [0.5, 0.6) is 5.75 Å². The van der Waals surface area contributed by atoms with Crippen molar-refractivity contribution < 1.29 is 9.53 Å². The summed E-state index contributed by atoms with van der Waals surface area (Å²) in [6, 6.07) is 16.8. The molecule has 4 aromatic rings. The number of ether oxygens (including phenoxy) is 1. The van der Waals surface area contributed by atoms with Crippen LogP contribution in [-0.2, 0) is 0 Å². The molecule has 2 atom stereocenters. The van der Waals surface area contributed by atoms with Crippen molar-refractivity contribution in [1.29, 1.82) is 0 Å². The number of nitrogens with zero attached hydrogens (tertiary/aromatic N) is 4. The molecule has 0 unspecified atom stereocenters. The number of hydrogen-bond donors (Lipinski definition) is 3. The molecule has 2 heterocycles. The largest absolute Gasteiger partial charge is 0.497 e. The van der Waals surface area contributed by atoms with Crippen LogP contribution in [0.25, 0.3) is 10.9 Å². The van der Waals surface area contributed by atoms with Crippen LogP contribution in [0.3, 0.4) is 0 Å². The second kappa shape index (κ2) is 15.4. The summed E-state index contributed by atoms with van der Waals surface area (Å²) >= 11 is 0. The van der Waals surface area contributed by atoms with Gasteiger partial charge in [-0.05, 0) is 68.3 Å². The number of rotatable bonds is 7. The predicted octanol–water partition coefficient (Wildman–Crippen LogP) is 5.99. The van der Waals surface area contributed by atoms with E-state index in [0.29, 0.717) is 28.6 Å². The van der Waals surface area contributed by atoms with E-state index in [-0.39, 0.29) is 61.0 Å². The van der Waals surface area contributed by atoms with Gasteiger partial charge in [0.05, 0.1) is 18.7 Å². The Bertz CT molecular complexity index is 1470. The third-order valence-corrected chi connectivity index (χ3v) is 6.72. The third-order valence-electron chi connectivity index (χ3n) is 6.72. The summed E-state index contributed by atoms with van der Waals surface area (Å²) in [5, 5.41) is 7.34. The monoisotopic (exact) mass is 617 g/mol. The van der Waals surface area contributed by atoms with Crippen LogP contribution in [0.15, 0.2) is 72.0 Å². The van der Waals surface area contributed by atoms with E-state index in [1.807, 2.05) is 37.3 Å². The molecule has 12 heteroatoms. The zero-order valence-corrected chi connectivity index (χ0v) is 25.2. The number of anilines is 2. The van der Waals surface area contributed by atoms with E-state index in [4.69, 9.17) is 15.5 Å². The number of fused-ring (bicyclic) bond motifs is 1. The smallest absolute Gasteiger partial charge is 0.293 e. The highest BCUT2D eigenvalue weighted by Crippen LogP contribution is 2.28. The van der Waals surface area contributed by atoms with Gasteiger partial charge in [0.2, 0.25) is 5.82 Å². The van der Waals surface area contributed by atoms with E-state index in [1.54, 1.807) is 43.8 Å². The zero-order valence-electron chi connectivity index (χ0n) is 22.7. The average Bonchev–Trinajstić information content (AvgIpc) is 2.95. The molecule has 2 aromatic carbocycles. The van der Waals surface area contributed by atoms with Crippen LogP contribution in [0.4, 0.5) is 11.5 Å². The number of carbonyl (C=O) groups is 1. The SMILES string of the molecule is COc1ccc(NC(=O)c2nc(N[C@H]3CCCC[C@H]3N=C(N)c3cccnc3)c3cc(C)ccc3n2)cc1.Cl.Cl.Cl. The minimum absolute atomic E-state index is 0. The zero-order chi connectivity index (χ0) is 26.5. The van der Waals surface area contributed by atoms with Gasteiger partial charge in [-0.25, -0.2) is 9.97 Å². The molecule has 218 valence electrons. The lowest BCUT2D eigenvalue weighted by Gasteiger charge is -2.30. The number of carbonyl (C=O) groups excluding carboxylic acids is 1. The number of amidine groups is 1. The number of hydrogen-bond acceptors (Lipinski definition) is 7. The maximum absolute atomic E-state index is 13.2. The number of nitrogens with one attached hydrogen (secondary N) is 2. The average molecular weight is 619 g/mol. The van der Waals surface area contributed by atoms with Gasteiger partial charge in [-0.1, -0.05) is 24.5 Å². The molecule has 0 saturated heterocycles. The molecule has 0 radical (unpaired) electrons. The normalized spacial score (nSPS) is 16.4. The number of aliphatic imine (C=N–C) groups is 1. The van der Waals surface area contributed by atoms with Crippen molar-refractivity contribution >= 4 is 71.4 Å². The summed E-state index contributed by atoms with van der Waals surface area (Å²) in [7, 11) is 1.60. The minimum Gasteiger partial charge on any atom is -0.497 e. The van der Waals surface area contributed by atoms with Gasteiger partial charge >= 0.3 is 0 Å². The molecule has 0 bridgehead atoms. The lowest BCUT2D eigenvalue weighted by Crippen LogP contribution is -2.37. The number of aromatic nitrogens is 3. The van der Waals surface area contributed by atoms with Gasteiger partial charge in [0.25, 0.3) is 5.91 Å². The number of pyridine rings is 1. The van der Waals surface area contributed by atoms with Gasteiger partial charge in [0.1, 0.15) is 17.4 Å². The fraction of sp³-hybridized carbons (Fsp3) is 0.276. The first kappa shape index (κ1) is 33.5. The standard InChI is InChI=1S/C29H31N7O2.3ClH/c1-18-9-14-23-22(16-18)27(36-28(34-23)29(37)32-20-10-12-21(38-2)13-11-20)35-25-8-4-3-7-24(25)33-26(30)19-6-5-15-31-17-19;;;/h5-6,9-17,24-25H,3-4,7-8H2,1-2H3,(H2,30,33)(H,32,37)(H,34,35,36);3*1H/t24-,25+;;;/m1.../s1. The van der Waals surface area contributed by atoms with Crippen molar-refractivity contribution in [3.05, 3.63) is 83.9 Å². The molecule has 1 fully saturated rings. The Morgan fingerprint density at radius 1 is 1.02 bits per heavy atom. The maximum atomic E-state index is 13.2. The van der Waals surface area contributed by atoms with Crippen molar-refractivity contribution in [2.75, 3.05) is 17.7 Å². The number of amides is 1. The number of aryl methyl sites for hydroxylation is 1.